The topological polar surface area (TPSA) is 30.0 Å². The molecule has 3 saturated heterocycles. The molecule has 0 aromatic rings. The first kappa shape index (κ1) is 12.3. The van der Waals surface area contributed by atoms with Crippen molar-refractivity contribution in [1.29, 1.82) is 0 Å². The molecule has 0 aliphatic carbocycles. The summed E-state index contributed by atoms with van der Waals surface area (Å²) in [7, 11) is -2.11. The smallest absolute Gasteiger partial charge is 0.196 e. The summed E-state index contributed by atoms with van der Waals surface area (Å²) in [4.78, 5) is 11.4. The van der Waals surface area contributed by atoms with E-state index in [2.05, 4.69) is 14.0 Å². The largest absolute Gasteiger partial charge is 0.368 e. The van der Waals surface area contributed by atoms with Gasteiger partial charge in [-0.05, 0) is 38.5 Å². The Labute approximate surface area is 105 Å². The molecule has 5 heteroatoms. The van der Waals surface area contributed by atoms with Crippen molar-refractivity contribution in [1.82, 2.24) is 14.0 Å². The van der Waals surface area contributed by atoms with E-state index in [1.807, 2.05) is 0 Å². The maximum absolute atomic E-state index is 11.4. The standard InChI is InChI=1S/C12H25N3OP/c16-17(13-7-1-2-8-13,14-9-3-4-10-14)15-11-5-6-12-15/h16H,1-12H2/q+1. The van der Waals surface area contributed by atoms with Crippen molar-refractivity contribution in [2.24, 2.45) is 0 Å². The lowest BCUT2D eigenvalue weighted by Gasteiger charge is -2.38. The zero-order valence-corrected chi connectivity index (χ0v) is 11.6. The Hall–Kier alpha value is 0.270. The molecular weight excluding hydrogens is 233 g/mol. The van der Waals surface area contributed by atoms with Crippen LogP contribution in [-0.2, 0) is 0 Å². The van der Waals surface area contributed by atoms with E-state index in [1.54, 1.807) is 0 Å². The molecule has 98 valence electrons. The molecule has 0 bridgehead atoms. The molecular formula is C12H25N3OP+. The van der Waals surface area contributed by atoms with Crippen molar-refractivity contribution in [2.45, 2.75) is 38.5 Å². The van der Waals surface area contributed by atoms with E-state index in [0.29, 0.717) is 0 Å². The van der Waals surface area contributed by atoms with Crippen LogP contribution in [-0.4, -0.2) is 58.2 Å². The molecule has 1 N–H and O–H groups in total. The molecule has 17 heavy (non-hydrogen) atoms. The summed E-state index contributed by atoms with van der Waals surface area (Å²) in [6.45, 7) is 6.65. The molecule has 3 heterocycles. The fourth-order valence-electron chi connectivity index (χ4n) is 3.44. The average molecular weight is 258 g/mol. The van der Waals surface area contributed by atoms with Gasteiger partial charge < -0.3 is 0 Å². The molecule has 0 aromatic carbocycles. The van der Waals surface area contributed by atoms with Gasteiger partial charge in [0.15, 0.2) is 0 Å². The van der Waals surface area contributed by atoms with E-state index in [4.69, 9.17) is 0 Å². The number of hydrogen-bond donors (Lipinski definition) is 1. The van der Waals surface area contributed by atoms with Crippen molar-refractivity contribution in [3.05, 3.63) is 0 Å². The van der Waals surface area contributed by atoms with E-state index >= 15 is 0 Å². The van der Waals surface area contributed by atoms with Crippen molar-refractivity contribution >= 4 is 7.94 Å². The Morgan fingerprint density at radius 1 is 0.529 bits per heavy atom. The highest BCUT2D eigenvalue weighted by Gasteiger charge is 2.57. The summed E-state index contributed by atoms with van der Waals surface area (Å²) in [5.41, 5.74) is 0. The van der Waals surface area contributed by atoms with Gasteiger partial charge in [-0.15, -0.1) is 14.0 Å². The highest BCUT2D eigenvalue weighted by atomic mass is 31.2. The number of hydrogen-bond acceptors (Lipinski definition) is 4. The Kier molecular flexibility index (Phi) is 3.69. The summed E-state index contributed by atoms with van der Waals surface area (Å²) >= 11 is 0. The first-order valence-corrected chi connectivity index (χ1v) is 8.80. The SMILES string of the molecule is O[P+](N1CCCC1)(N1CCCC1)N1CCCC1. The zero-order valence-electron chi connectivity index (χ0n) is 10.7. The van der Waals surface area contributed by atoms with Crippen LogP contribution in [0.3, 0.4) is 0 Å². The molecule has 0 aromatic heterocycles. The van der Waals surface area contributed by atoms with Crippen LogP contribution in [0.5, 0.6) is 0 Å². The van der Waals surface area contributed by atoms with Crippen LogP contribution in [0.1, 0.15) is 38.5 Å². The maximum atomic E-state index is 11.4. The molecule has 3 aliphatic heterocycles. The zero-order chi connectivity index (χ0) is 11.7. The Morgan fingerprint density at radius 3 is 1.00 bits per heavy atom. The molecule has 3 rings (SSSR count). The summed E-state index contributed by atoms with van der Waals surface area (Å²) < 4.78 is 7.26. The summed E-state index contributed by atoms with van der Waals surface area (Å²) in [6.07, 6.45) is 7.61. The van der Waals surface area contributed by atoms with E-state index in [0.717, 1.165) is 39.3 Å². The van der Waals surface area contributed by atoms with Crippen LogP contribution in [0.15, 0.2) is 0 Å². The predicted molar refractivity (Wildman–Crippen MR) is 71.6 cm³/mol. The van der Waals surface area contributed by atoms with Crippen molar-refractivity contribution in [3.8, 4) is 0 Å². The second-order valence-corrected chi connectivity index (χ2v) is 8.29. The van der Waals surface area contributed by atoms with Gasteiger partial charge in [-0.1, -0.05) is 0 Å². The van der Waals surface area contributed by atoms with Gasteiger partial charge in [0.25, 0.3) is 0 Å². The van der Waals surface area contributed by atoms with Gasteiger partial charge in [-0.25, -0.2) is 0 Å². The van der Waals surface area contributed by atoms with Crippen molar-refractivity contribution in [2.75, 3.05) is 39.3 Å². The fourth-order valence-corrected chi connectivity index (χ4v) is 6.97. The molecule has 4 nitrogen and oxygen atoms in total. The highest BCUT2D eigenvalue weighted by molar-refractivity contribution is 7.63. The quantitative estimate of drug-likeness (QED) is 0.784. The van der Waals surface area contributed by atoms with Gasteiger partial charge >= 0.3 is 7.94 Å². The van der Waals surface area contributed by atoms with Gasteiger partial charge in [0.2, 0.25) is 0 Å². The van der Waals surface area contributed by atoms with Gasteiger partial charge in [0, 0.05) is 39.3 Å². The first-order chi connectivity index (χ1) is 8.32. The molecule has 0 spiro atoms. The van der Waals surface area contributed by atoms with Crippen LogP contribution < -0.4 is 0 Å². The van der Waals surface area contributed by atoms with Crippen LogP contribution in [0.25, 0.3) is 0 Å². The van der Waals surface area contributed by atoms with Crippen LogP contribution in [0, 0.1) is 0 Å². The lowest BCUT2D eigenvalue weighted by atomic mass is 10.4. The summed E-state index contributed by atoms with van der Waals surface area (Å²) in [5.74, 6) is 0. The summed E-state index contributed by atoms with van der Waals surface area (Å²) in [5, 5.41) is 0. The van der Waals surface area contributed by atoms with Crippen LogP contribution in [0.2, 0.25) is 0 Å². The van der Waals surface area contributed by atoms with E-state index in [-0.39, 0.29) is 0 Å². The minimum absolute atomic E-state index is 1.11. The monoisotopic (exact) mass is 258 g/mol. The van der Waals surface area contributed by atoms with E-state index < -0.39 is 7.94 Å². The minimum Gasteiger partial charge on any atom is -0.196 e. The number of rotatable bonds is 3. The van der Waals surface area contributed by atoms with Gasteiger partial charge in [-0.2, -0.15) is 4.89 Å². The highest BCUT2D eigenvalue weighted by Crippen LogP contribution is 2.66. The lowest BCUT2D eigenvalue weighted by Crippen LogP contribution is -2.42. The van der Waals surface area contributed by atoms with Crippen molar-refractivity contribution in [3.63, 3.8) is 0 Å². The average Bonchev–Trinajstić information content (AvgIpc) is 3.10. The molecule has 3 aliphatic rings. The van der Waals surface area contributed by atoms with Gasteiger partial charge in [-0.3, -0.25) is 0 Å². The summed E-state index contributed by atoms with van der Waals surface area (Å²) in [6, 6.07) is 0. The Morgan fingerprint density at radius 2 is 0.765 bits per heavy atom. The first-order valence-electron chi connectivity index (χ1n) is 7.20. The molecule has 0 atom stereocenters. The van der Waals surface area contributed by atoms with Crippen molar-refractivity contribution < 1.29 is 4.89 Å². The van der Waals surface area contributed by atoms with E-state index in [1.165, 1.54) is 38.5 Å². The molecule has 3 fully saturated rings. The molecule has 0 amide bonds. The second kappa shape index (κ2) is 5.10. The van der Waals surface area contributed by atoms with Gasteiger partial charge in [0.1, 0.15) is 0 Å². The third-order valence-electron chi connectivity index (χ3n) is 4.39. The number of nitrogens with zero attached hydrogens (tertiary/aromatic N) is 3. The third kappa shape index (κ3) is 2.15. The van der Waals surface area contributed by atoms with Gasteiger partial charge in [0.05, 0.1) is 0 Å². The lowest BCUT2D eigenvalue weighted by molar-refractivity contribution is 0.286. The normalized spacial score (nSPS) is 29.5. The van der Waals surface area contributed by atoms with E-state index in [9.17, 15) is 4.89 Å². The van der Waals surface area contributed by atoms with Crippen LogP contribution in [0.4, 0.5) is 0 Å². The second-order valence-electron chi connectivity index (χ2n) is 5.52. The molecule has 0 unspecified atom stereocenters. The minimum atomic E-state index is -2.11. The Balaban J connectivity index is 1.81. The predicted octanol–water partition coefficient (Wildman–Crippen LogP) is 1.94. The van der Waals surface area contributed by atoms with Crippen LogP contribution >= 0.6 is 7.94 Å². The third-order valence-corrected chi connectivity index (χ3v) is 7.86. The fraction of sp³-hybridized carbons (Fsp3) is 1.00. The Bertz CT molecular complexity index is 218. The molecule has 0 radical (unpaired) electrons. The maximum Gasteiger partial charge on any atom is 0.368 e. The molecule has 0 saturated carbocycles.